The molecule has 2 aromatic carbocycles. The number of nitrogens with zero attached hydrogens (tertiary/aromatic N) is 2. The SMILES string of the molecule is COc1cc(-c2cc(N=C(Nc3ccc(F)c(Cl)c3)SC)n[nH]2)cc(OC)c1OC. The van der Waals surface area contributed by atoms with Crippen LogP contribution < -0.4 is 19.5 Å². The molecule has 158 valence electrons. The van der Waals surface area contributed by atoms with E-state index in [0.29, 0.717) is 33.9 Å². The lowest BCUT2D eigenvalue weighted by molar-refractivity contribution is 0.324. The van der Waals surface area contributed by atoms with Gasteiger partial charge in [-0.25, -0.2) is 9.38 Å². The predicted molar refractivity (Wildman–Crippen MR) is 119 cm³/mol. The molecule has 0 aliphatic rings. The van der Waals surface area contributed by atoms with Crippen molar-refractivity contribution >= 4 is 40.0 Å². The number of hydrogen-bond acceptors (Lipinski definition) is 6. The van der Waals surface area contributed by atoms with E-state index in [1.54, 1.807) is 33.5 Å². The molecule has 0 aliphatic heterocycles. The summed E-state index contributed by atoms with van der Waals surface area (Å²) in [6, 6.07) is 9.79. The van der Waals surface area contributed by atoms with Crippen LogP contribution >= 0.6 is 23.4 Å². The number of halogens is 2. The first-order valence-electron chi connectivity index (χ1n) is 8.69. The van der Waals surface area contributed by atoms with Crippen molar-refractivity contribution in [1.82, 2.24) is 10.2 Å². The lowest BCUT2D eigenvalue weighted by atomic mass is 10.1. The monoisotopic (exact) mass is 450 g/mol. The molecular formula is C20H20ClFN4O3S. The van der Waals surface area contributed by atoms with Crippen LogP contribution in [-0.4, -0.2) is 43.0 Å². The van der Waals surface area contributed by atoms with Gasteiger partial charge in [-0.2, -0.15) is 5.10 Å². The van der Waals surface area contributed by atoms with Crippen molar-refractivity contribution in [1.29, 1.82) is 0 Å². The number of hydrogen-bond donors (Lipinski definition) is 2. The molecule has 0 unspecified atom stereocenters. The summed E-state index contributed by atoms with van der Waals surface area (Å²) in [6.07, 6.45) is 1.86. The van der Waals surface area contributed by atoms with Gasteiger partial charge in [0.2, 0.25) is 5.75 Å². The van der Waals surface area contributed by atoms with Gasteiger partial charge in [0.15, 0.2) is 22.5 Å². The summed E-state index contributed by atoms with van der Waals surface area (Å²) in [5.74, 6) is 1.56. The molecule has 0 saturated heterocycles. The number of methoxy groups -OCH3 is 3. The van der Waals surface area contributed by atoms with E-state index in [0.717, 1.165) is 11.3 Å². The van der Waals surface area contributed by atoms with E-state index < -0.39 is 5.82 Å². The zero-order valence-corrected chi connectivity index (χ0v) is 18.3. The minimum atomic E-state index is -0.479. The third-order valence-electron chi connectivity index (χ3n) is 4.12. The number of aromatic nitrogens is 2. The highest BCUT2D eigenvalue weighted by Gasteiger charge is 2.15. The molecule has 0 atom stereocenters. The van der Waals surface area contributed by atoms with Crippen LogP contribution in [0.2, 0.25) is 5.02 Å². The van der Waals surface area contributed by atoms with Gasteiger partial charge in [0.25, 0.3) is 0 Å². The van der Waals surface area contributed by atoms with Crippen LogP contribution in [0.25, 0.3) is 11.3 Å². The van der Waals surface area contributed by atoms with Crippen molar-refractivity contribution in [3.63, 3.8) is 0 Å². The Morgan fingerprint density at radius 3 is 2.37 bits per heavy atom. The van der Waals surface area contributed by atoms with Crippen molar-refractivity contribution in [2.24, 2.45) is 4.99 Å². The van der Waals surface area contributed by atoms with E-state index in [1.807, 2.05) is 18.4 Å². The molecule has 0 aliphatic carbocycles. The van der Waals surface area contributed by atoms with Crippen molar-refractivity contribution in [2.75, 3.05) is 32.9 Å². The molecule has 2 N–H and O–H groups in total. The Labute approximate surface area is 182 Å². The molecule has 3 rings (SSSR count). The first kappa shape index (κ1) is 21.8. The lowest BCUT2D eigenvalue weighted by Gasteiger charge is -2.13. The molecule has 0 spiro atoms. The zero-order valence-electron chi connectivity index (χ0n) is 16.7. The van der Waals surface area contributed by atoms with E-state index in [1.165, 1.54) is 23.9 Å². The predicted octanol–water partition coefficient (Wildman–Crippen LogP) is 5.36. The Kier molecular flexibility index (Phi) is 7.07. The van der Waals surface area contributed by atoms with Gasteiger partial charge >= 0.3 is 0 Å². The standard InChI is InChI=1S/C20H20ClFN4O3S/c1-27-16-7-11(8-17(28-2)19(16)29-3)15-10-18(26-25-15)24-20(30-4)23-12-5-6-14(22)13(21)9-12/h5-10H,1-4H3,(H2,23,24,25,26). The van der Waals surface area contributed by atoms with E-state index in [9.17, 15) is 4.39 Å². The quantitative estimate of drug-likeness (QED) is 0.389. The number of amidine groups is 1. The van der Waals surface area contributed by atoms with Gasteiger partial charge in [0.1, 0.15) is 5.82 Å². The summed E-state index contributed by atoms with van der Waals surface area (Å²) in [6.45, 7) is 0. The van der Waals surface area contributed by atoms with Crippen molar-refractivity contribution < 1.29 is 18.6 Å². The smallest absolute Gasteiger partial charge is 0.203 e. The Bertz CT molecular complexity index is 1050. The number of aromatic amines is 1. The Hall–Kier alpha value is -2.91. The molecule has 0 radical (unpaired) electrons. The second kappa shape index (κ2) is 9.73. The maximum absolute atomic E-state index is 13.3. The van der Waals surface area contributed by atoms with Crippen LogP contribution in [0, 0.1) is 5.82 Å². The first-order valence-corrected chi connectivity index (χ1v) is 10.3. The zero-order chi connectivity index (χ0) is 21.7. The van der Waals surface area contributed by atoms with Gasteiger partial charge in [0.05, 0.1) is 32.0 Å². The summed E-state index contributed by atoms with van der Waals surface area (Å²) < 4.78 is 29.5. The van der Waals surface area contributed by atoms with E-state index in [4.69, 9.17) is 25.8 Å². The molecule has 30 heavy (non-hydrogen) atoms. The number of thioether (sulfide) groups is 1. The number of aliphatic imine (C=N–C) groups is 1. The van der Waals surface area contributed by atoms with E-state index in [2.05, 4.69) is 20.5 Å². The Morgan fingerprint density at radius 2 is 1.80 bits per heavy atom. The van der Waals surface area contributed by atoms with Crippen LogP contribution in [-0.2, 0) is 0 Å². The number of rotatable bonds is 6. The van der Waals surface area contributed by atoms with Crippen molar-refractivity contribution in [3.05, 3.63) is 47.2 Å². The summed E-state index contributed by atoms with van der Waals surface area (Å²) in [4.78, 5) is 4.49. The maximum Gasteiger partial charge on any atom is 0.203 e. The summed E-state index contributed by atoms with van der Waals surface area (Å²) in [5.41, 5.74) is 2.13. The fraction of sp³-hybridized carbons (Fsp3) is 0.200. The third kappa shape index (κ3) is 4.80. The summed E-state index contributed by atoms with van der Waals surface area (Å²) in [5, 5.41) is 10.9. The normalized spacial score (nSPS) is 11.3. The summed E-state index contributed by atoms with van der Waals surface area (Å²) in [7, 11) is 4.66. The topological polar surface area (TPSA) is 80.8 Å². The van der Waals surface area contributed by atoms with Gasteiger partial charge in [0, 0.05) is 17.3 Å². The molecule has 10 heteroatoms. The van der Waals surface area contributed by atoms with Crippen LogP contribution in [0.1, 0.15) is 0 Å². The molecule has 0 fully saturated rings. The third-order valence-corrected chi connectivity index (χ3v) is 4.99. The molecule has 7 nitrogen and oxygen atoms in total. The number of anilines is 1. The second-order valence-electron chi connectivity index (χ2n) is 5.93. The average molecular weight is 451 g/mol. The molecule has 3 aromatic rings. The Morgan fingerprint density at radius 1 is 1.10 bits per heavy atom. The van der Waals surface area contributed by atoms with E-state index >= 15 is 0 Å². The molecule has 0 saturated carbocycles. The van der Waals surface area contributed by atoms with Crippen LogP contribution in [0.3, 0.4) is 0 Å². The fourth-order valence-corrected chi connectivity index (χ4v) is 3.26. The van der Waals surface area contributed by atoms with Gasteiger partial charge < -0.3 is 19.5 Å². The number of nitrogens with one attached hydrogen (secondary N) is 2. The summed E-state index contributed by atoms with van der Waals surface area (Å²) >= 11 is 7.22. The highest BCUT2D eigenvalue weighted by atomic mass is 35.5. The molecule has 0 amide bonds. The van der Waals surface area contributed by atoms with Gasteiger partial charge in [-0.15, -0.1) is 0 Å². The minimum Gasteiger partial charge on any atom is -0.493 e. The first-order chi connectivity index (χ1) is 14.5. The lowest BCUT2D eigenvalue weighted by Crippen LogP contribution is -2.06. The number of benzene rings is 2. The van der Waals surface area contributed by atoms with Crippen LogP contribution in [0.15, 0.2) is 41.4 Å². The maximum atomic E-state index is 13.3. The van der Waals surface area contributed by atoms with Crippen molar-refractivity contribution in [2.45, 2.75) is 0 Å². The van der Waals surface area contributed by atoms with Gasteiger partial charge in [-0.1, -0.05) is 23.4 Å². The number of H-pyrrole nitrogens is 1. The minimum absolute atomic E-state index is 0.0323. The van der Waals surface area contributed by atoms with Gasteiger partial charge in [-0.05, 0) is 36.6 Å². The fourth-order valence-electron chi connectivity index (χ4n) is 2.68. The van der Waals surface area contributed by atoms with Crippen LogP contribution in [0.4, 0.5) is 15.9 Å². The average Bonchev–Trinajstić information content (AvgIpc) is 3.23. The van der Waals surface area contributed by atoms with Gasteiger partial charge in [-0.3, -0.25) is 5.10 Å². The highest BCUT2D eigenvalue weighted by Crippen LogP contribution is 2.41. The highest BCUT2D eigenvalue weighted by molar-refractivity contribution is 8.13. The molecule has 1 heterocycles. The molecule has 1 aromatic heterocycles. The second-order valence-corrected chi connectivity index (χ2v) is 7.13. The molecule has 0 bridgehead atoms. The van der Waals surface area contributed by atoms with Crippen molar-refractivity contribution in [3.8, 4) is 28.5 Å². The number of ether oxygens (including phenoxy) is 3. The Balaban J connectivity index is 1.88. The van der Waals surface area contributed by atoms with Crippen LogP contribution in [0.5, 0.6) is 17.2 Å². The largest absolute Gasteiger partial charge is 0.493 e. The van der Waals surface area contributed by atoms with E-state index in [-0.39, 0.29) is 5.02 Å². The molecular weight excluding hydrogens is 431 g/mol.